The molecule has 1 aliphatic rings. The summed E-state index contributed by atoms with van der Waals surface area (Å²) in [4.78, 5) is 2.33. The Kier molecular flexibility index (Phi) is 4.70. The summed E-state index contributed by atoms with van der Waals surface area (Å²) in [5, 5.41) is 9.08. The third kappa shape index (κ3) is 2.93. The first-order valence-corrected chi connectivity index (χ1v) is 5.36. The highest BCUT2D eigenvalue weighted by Crippen LogP contribution is 2.20. The number of rotatable bonds is 4. The van der Waals surface area contributed by atoms with Gasteiger partial charge in [-0.25, -0.2) is 0 Å². The van der Waals surface area contributed by atoms with Gasteiger partial charge in [0.2, 0.25) is 0 Å². The fourth-order valence-electron chi connectivity index (χ4n) is 2.07. The van der Waals surface area contributed by atoms with Gasteiger partial charge in [-0.05, 0) is 31.8 Å². The second-order valence-corrected chi connectivity index (χ2v) is 3.96. The van der Waals surface area contributed by atoms with Gasteiger partial charge in [-0.1, -0.05) is 13.3 Å². The predicted molar refractivity (Wildman–Crippen MR) is 54.5 cm³/mol. The van der Waals surface area contributed by atoms with E-state index in [4.69, 9.17) is 10.8 Å². The molecule has 13 heavy (non-hydrogen) atoms. The van der Waals surface area contributed by atoms with Crippen LogP contribution in [0.25, 0.3) is 0 Å². The maximum Gasteiger partial charge on any atom is 0.0599 e. The van der Waals surface area contributed by atoms with Crippen LogP contribution in [-0.2, 0) is 0 Å². The van der Waals surface area contributed by atoms with Crippen LogP contribution in [0.4, 0.5) is 0 Å². The maximum absolute atomic E-state index is 9.08. The summed E-state index contributed by atoms with van der Waals surface area (Å²) >= 11 is 0. The Balaban J connectivity index is 2.30. The van der Waals surface area contributed by atoms with E-state index in [1.54, 1.807) is 0 Å². The van der Waals surface area contributed by atoms with E-state index in [-0.39, 0.29) is 12.6 Å². The van der Waals surface area contributed by atoms with E-state index >= 15 is 0 Å². The summed E-state index contributed by atoms with van der Waals surface area (Å²) in [6.07, 6.45) is 3.83. The van der Waals surface area contributed by atoms with E-state index in [2.05, 4.69) is 11.8 Å². The van der Waals surface area contributed by atoms with Crippen LogP contribution < -0.4 is 5.73 Å². The first kappa shape index (κ1) is 11.0. The number of aliphatic hydroxyl groups excluding tert-OH is 1. The highest BCUT2D eigenvalue weighted by Gasteiger charge is 2.22. The molecular formula is C10H22N2O. The van der Waals surface area contributed by atoms with Crippen LogP contribution in [0.2, 0.25) is 0 Å². The number of nitrogens with two attached hydrogens (primary N) is 1. The lowest BCUT2D eigenvalue weighted by atomic mass is 9.93. The van der Waals surface area contributed by atoms with Gasteiger partial charge in [-0.2, -0.15) is 0 Å². The summed E-state index contributed by atoms with van der Waals surface area (Å²) in [5.74, 6) is 0.897. The summed E-state index contributed by atoms with van der Waals surface area (Å²) < 4.78 is 0. The minimum Gasteiger partial charge on any atom is -0.395 e. The van der Waals surface area contributed by atoms with E-state index in [9.17, 15) is 0 Å². The molecule has 0 aromatic rings. The van der Waals surface area contributed by atoms with Gasteiger partial charge in [0.1, 0.15) is 0 Å². The van der Waals surface area contributed by atoms with Crippen LogP contribution in [0.5, 0.6) is 0 Å². The monoisotopic (exact) mass is 186 g/mol. The zero-order valence-electron chi connectivity index (χ0n) is 8.58. The smallest absolute Gasteiger partial charge is 0.0599 e. The minimum absolute atomic E-state index is 0.192. The predicted octanol–water partition coefficient (Wildman–Crippen LogP) is 0.428. The Hall–Kier alpha value is -0.120. The SMILES string of the molecule is CCC1CCN(C(CN)CO)CC1. The van der Waals surface area contributed by atoms with Crippen LogP contribution in [0, 0.1) is 5.92 Å². The van der Waals surface area contributed by atoms with Crippen molar-refractivity contribution in [3.63, 3.8) is 0 Å². The van der Waals surface area contributed by atoms with Crippen molar-refractivity contribution in [2.75, 3.05) is 26.2 Å². The standard InChI is InChI=1S/C10H22N2O/c1-2-9-3-5-12(6-4-9)10(7-11)8-13/h9-10,13H,2-8,11H2,1H3. The van der Waals surface area contributed by atoms with Crippen molar-refractivity contribution in [3.8, 4) is 0 Å². The number of hydrogen-bond acceptors (Lipinski definition) is 3. The number of likely N-dealkylation sites (tertiary alicyclic amines) is 1. The number of hydrogen-bond donors (Lipinski definition) is 2. The Morgan fingerprint density at radius 2 is 2.08 bits per heavy atom. The Morgan fingerprint density at radius 1 is 1.46 bits per heavy atom. The van der Waals surface area contributed by atoms with Crippen LogP contribution in [0.1, 0.15) is 26.2 Å². The van der Waals surface area contributed by atoms with Crippen molar-refractivity contribution in [3.05, 3.63) is 0 Å². The van der Waals surface area contributed by atoms with Gasteiger partial charge >= 0.3 is 0 Å². The minimum atomic E-state index is 0.192. The second-order valence-electron chi connectivity index (χ2n) is 3.96. The van der Waals surface area contributed by atoms with Crippen molar-refractivity contribution in [1.29, 1.82) is 0 Å². The van der Waals surface area contributed by atoms with E-state index in [1.165, 1.54) is 19.3 Å². The zero-order valence-corrected chi connectivity index (χ0v) is 8.58. The lowest BCUT2D eigenvalue weighted by Crippen LogP contribution is -2.47. The summed E-state index contributed by atoms with van der Waals surface area (Å²) in [6.45, 7) is 5.26. The molecule has 78 valence electrons. The molecule has 0 radical (unpaired) electrons. The van der Waals surface area contributed by atoms with Gasteiger partial charge in [0.05, 0.1) is 6.61 Å². The molecule has 3 nitrogen and oxygen atoms in total. The highest BCUT2D eigenvalue weighted by atomic mass is 16.3. The molecule has 0 aromatic carbocycles. The number of piperidine rings is 1. The van der Waals surface area contributed by atoms with Crippen LogP contribution in [0.15, 0.2) is 0 Å². The molecule has 1 atom stereocenters. The molecule has 0 amide bonds. The van der Waals surface area contributed by atoms with Gasteiger partial charge in [0.25, 0.3) is 0 Å². The molecule has 0 aromatic heterocycles. The zero-order chi connectivity index (χ0) is 9.68. The molecule has 0 aliphatic carbocycles. The first-order chi connectivity index (χ1) is 6.31. The molecule has 0 bridgehead atoms. The number of aliphatic hydroxyl groups is 1. The molecule has 1 unspecified atom stereocenters. The van der Waals surface area contributed by atoms with E-state index in [1.807, 2.05) is 0 Å². The van der Waals surface area contributed by atoms with Crippen molar-refractivity contribution in [1.82, 2.24) is 4.90 Å². The Bertz CT molecular complexity index is 129. The highest BCUT2D eigenvalue weighted by molar-refractivity contribution is 4.78. The largest absolute Gasteiger partial charge is 0.395 e. The van der Waals surface area contributed by atoms with Crippen molar-refractivity contribution in [2.45, 2.75) is 32.2 Å². The summed E-state index contributed by atoms with van der Waals surface area (Å²) in [5.41, 5.74) is 5.58. The average molecular weight is 186 g/mol. The molecule has 1 fully saturated rings. The molecule has 1 rings (SSSR count). The van der Waals surface area contributed by atoms with Gasteiger partial charge in [-0.3, -0.25) is 4.90 Å². The number of nitrogens with zero attached hydrogens (tertiary/aromatic N) is 1. The molecule has 1 heterocycles. The lowest BCUT2D eigenvalue weighted by molar-refractivity contribution is 0.0901. The quantitative estimate of drug-likeness (QED) is 0.669. The molecule has 3 heteroatoms. The Morgan fingerprint density at radius 3 is 2.46 bits per heavy atom. The fraction of sp³-hybridized carbons (Fsp3) is 1.00. The van der Waals surface area contributed by atoms with Crippen molar-refractivity contribution >= 4 is 0 Å². The topological polar surface area (TPSA) is 49.5 Å². The molecule has 1 saturated heterocycles. The average Bonchev–Trinajstić information content (AvgIpc) is 2.21. The van der Waals surface area contributed by atoms with Gasteiger partial charge in [0, 0.05) is 12.6 Å². The van der Waals surface area contributed by atoms with Gasteiger partial charge < -0.3 is 10.8 Å². The third-order valence-electron chi connectivity index (χ3n) is 3.23. The molecule has 0 saturated carbocycles. The molecule has 1 aliphatic heterocycles. The van der Waals surface area contributed by atoms with Gasteiger partial charge in [-0.15, -0.1) is 0 Å². The van der Waals surface area contributed by atoms with Crippen molar-refractivity contribution < 1.29 is 5.11 Å². The second kappa shape index (κ2) is 5.58. The van der Waals surface area contributed by atoms with Crippen molar-refractivity contribution in [2.24, 2.45) is 11.7 Å². The van der Waals surface area contributed by atoms with E-state index in [0.717, 1.165) is 19.0 Å². The third-order valence-corrected chi connectivity index (χ3v) is 3.23. The Labute approximate surface area is 80.9 Å². The fourth-order valence-corrected chi connectivity index (χ4v) is 2.07. The van der Waals surface area contributed by atoms with Crippen LogP contribution in [0.3, 0.4) is 0 Å². The summed E-state index contributed by atoms with van der Waals surface area (Å²) in [6, 6.07) is 0.192. The van der Waals surface area contributed by atoms with Gasteiger partial charge in [0.15, 0.2) is 0 Å². The molecule has 3 N–H and O–H groups in total. The first-order valence-electron chi connectivity index (χ1n) is 5.36. The van der Waals surface area contributed by atoms with Crippen LogP contribution in [-0.4, -0.2) is 42.3 Å². The molecule has 0 spiro atoms. The van der Waals surface area contributed by atoms with Crippen LogP contribution >= 0.6 is 0 Å². The molecular weight excluding hydrogens is 164 g/mol. The maximum atomic E-state index is 9.08. The summed E-state index contributed by atoms with van der Waals surface area (Å²) in [7, 11) is 0. The van der Waals surface area contributed by atoms with E-state index < -0.39 is 0 Å². The normalized spacial score (nSPS) is 23.3. The lowest BCUT2D eigenvalue weighted by Gasteiger charge is -2.36. The van der Waals surface area contributed by atoms with E-state index in [0.29, 0.717) is 6.54 Å².